The zero-order chi connectivity index (χ0) is 13.8. The summed E-state index contributed by atoms with van der Waals surface area (Å²) in [5, 5.41) is 0. The first-order chi connectivity index (χ1) is 9.10. The average Bonchev–Trinajstić information content (AvgIpc) is 2.41. The van der Waals surface area contributed by atoms with Gasteiger partial charge in [0.25, 0.3) is 0 Å². The van der Waals surface area contributed by atoms with Crippen molar-refractivity contribution < 1.29 is 9.18 Å². The van der Waals surface area contributed by atoms with E-state index in [0.717, 1.165) is 24.9 Å². The van der Waals surface area contributed by atoms with Crippen molar-refractivity contribution in [3.05, 3.63) is 35.1 Å². The zero-order valence-electron chi connectivity index (χ0n) is 10.9. The molecule has 2 rings (SSSR count). The van der Waals surface area contributed by atoms with Crippen LogP contribution in [0.25, 0.3) is 0 Å². The summed E-state index contributed by atoms with van der Waals surface area (Å²) in [4.78, 5) is 13.3. The van der Waals surface area contributed by atoms with Gasteiger partial charge in [0.15, 0.2) is 0 Å². The van der Waals surface area contributed by atoms with E-state index < -0.39 is 0 Å². The van der Waals surface area contributed by atoms with Crippen LogP contribution in [0.3, 0.4) is 0 Å². The van der Waals surface area contributed by atoms with Crippen molar-refractivity contribution in [2.75, 3.05) is 13.1 Å². The molecule has 1 saturated heterocycles. The first-order valence-corrected chi connectivity index (χ1v) is 6.59. The summed E-state index contributed by atoms with van der Waals surface area (Å²) in [5.41, 5.74) is 12.5. The highest BCUT2D eigenvalue weighted by atomic mass is 19.1. The Morgan fingerprint density at radius 1 is 1.47 bits per heavy atom. The fourth-order valence-corrected chi connectivity index (χ4v) is 2.55. The van der Waals surface area contributed by atoms with Crippen LogP contribution < -0.4 is 11.5 Å². The van der Waals surface area contributed by atoms with Gasteiger partial charge in [-0.25, -0.2) is 4.39 Å². The summed E-state index contributed by atoms with van der Waals surface area (Å²) in [6, 6.07) is 4.94. The molecule has 1 aromatic carbocycles. The lowest BCUT2D eigenvalue weighted by molar-refractivity contribution is -0.123. The molecule has 1 atom stereocenters. The molecule has 0 bridgehead atoms. The van der Waals surface area contributed by atoms with Crippen LogP contribution in [0.1, 0.15) is 24.0 Å². The Morgan fingerprint density at radius 2 is 2.26 bits per heavy atom. The number of hydrogen-bond acceptors (Lipinski definition) is 3. The highest BCUT2D eigenvalue weighted by Gasteiger charge is 2.24. The van der Waals surface area contributed by atoms with Crippen LogP contribution >= 0.6 is 0 Å². The summed E-state index contributed by atoms with van der Waals surface area (Å²) in [6.45, 7) is 2.39. The van der Waals surface area contributed by atoms with Gasteiger partial charge in [-0.3, -0.25) is 9.69 Å². The third kappa shape index (κ3) is 3.52. The number of halogens is 1. The van der Waals surface area contributed by atoms with E-state index in [4.69, 9.17) is 11.5 Å². The van der Waals surface area contributed by atoms with Gasteiger partial charge in [0, 0.05) is 25.2 Å². The normalized spacial score (nSPS) is 20.4. The lowest BCUT2D eigenvalue weighted by Gasteiger charge is -2.31. The molecule has 1 unspecified atom stereocenters. The van der Waals surface area contributed by atoms with Crippen LogP contribution in [0.4, 0.5) is 4.39 Å². The molecule has 0 radical (unpaired) electrons. The Hall–Kier alpha value is -1.46. The SMILES string of the molecule is NCc1ccc(F)c(CN2CCCC(C(N)=O)C2)c1. The molecule has 4 nitrogen and oxygen atoms in total. The Morgan fingerprint density at radius 3 is 2.95 bits per heavy atom. The minimum atomic E-state index is -0.263. The number of primary amides is 1. The Bertz CT molecular complexity index is 464. The van der Waals surface area contributed by atoms with Crippen molar-refractivity contribution >= 4 is 5.91 Å². The first-order valence-electron chi connectivity index (χ1n) is 6.59. The third-order valence-electron chi connectivity index (χ3n) is 3.65. The smallest absolute Gasteiger partial charge is 0.221 e. The molecule has 1 aliphatic heterocycles. The summed E-state index contributed by atoms with van der Waals surface area (Å²) >= 11 is 0. The maximum atomic E-state index is 13.8. The van der Waals surface area contributed by atoms with Gasteiger partial charge in [-0.2, -0.15) is 0 Å². The molecule has 4 N–H and O–H groups in total. The molecule has 0 saturated carbocycles. The molecule has 5 heteroatoms. The van der Waals surface area contributed by atoms with Gasteiger partial charge in [0.1, 0.15) is 5.82 Å². The van der Waals surface area contributed by atoms with Gasteiger partial charge in [0.05, 0.1) is 5.92 Å². The zero-order valence-corrected chi connectivity index (χ0v) is 10.9. The lowest BCUT2D eigenvalue weighted by Crippen LogP contribution is -2.40. The number of piperidine rings is 1. The fraction of sp³-hybridized carbons (Fsp3) is 0.500. The number of likely N-dealkylation sites (tertiary alicyclic amines) is 1. The van der Waals surface area contributed by atoms with E-state index >= 15 is 0 Å². The van der Waals surface area contributed by atoms with Crippen LogP contribution in [0.15, 0.2) is 18.2 Å². The van der Waals surface area contributed by atoms with Crippen LogP contribution in [-0.4, -0.2) is 23.9 Å². The number of hydrogen-bond donors (Lipinski definition) is 2. The minimum absolute atomic E-state index is 0.116. The maximum absolute atomic E-state index is 13.8. The van der Waals surface area contributed by atoms with Crippen molar-refractivity contribution in [2.24, 2.45) is 17.4 Å². The largest absolute Gasteiger partial charge is 0.369 e. The van der Waals surface area contributed by atoms with Crippen molar-refractivity contribution in [3.8, 4) is 0 Å². The summed E-state index contributed by atoms with van der Waals surface area (Å²) in [5.74, 6) is -0.603. The Balaban J connectivity index is 2.06. The molecule has 0 aliphatic carbocycles. The van der Waals surface area contributed by atoms with E-state index in [9.17, 15) is 9.18 Å². The summed E-state index contributed by atoms with van der Waals surface area (Å²) < 4.78 is 13.8. The molecule has 0 aromatic heterocycles. The molecule has 1 heterocycles. The van der Waals surface area contributed by atoms with Crippen molar-refractivity contribution in [3.63, 3.8) is 0 Å². The Labute approximate surface area is 112 Å². The van der Waals surface area contributed by atoms with Gasteiger partial charge in [-0.05, 0) is 31.0 Å². The number of amides is 1. The van der Waals surface area contributed by atoms with Gasteiger partial charge in [0.2, 0.25) is 5.91 Å². The van der Waals surface area contributed by atoms with E-state index in [1.165, 1.54) is 6.07 Å². The molecular formula is C14H20FN3O. The number of carbonyl (C=O) groups excluding carboxylic acids is 1. The summed E-state index contributed by atoms with van der Waals surface area (Å²) in [6.07, 6.45) is 1.75. The predicted molar refractivity (Wildman–Crippen MR) is 71.5 cm³/mol. The van der Waals surface area contributed by atoms with Crippen LogP contribution in [-0.2, 0) is 17.9 Å². The fourth-order valence-electron chi connectivity index (χ4n) is 2.55. The van der Waals surface area contributed by atoms with Crippen LogP contribution in [0.5, 0.6) is 0 Å². The van der Waals surface area contributed by atoms with Gasteiger partial charge in [-0.1, -0.05) is 12.1 Å². The van der Waals surface area contributed by atoms with E-state index in [-0.39, 0.29) is 17.6 Å². The number of nitrogens with zero attached hydrogens (tertiary/aromatic N) is 1. The monoisotopic (exact) mass is 265 g/mol. The molecular weight excluding hydrogens is 245 g/mol. The van der Waals surface area contributed by atoms with E-state index in [1.54, 1.807) is 12.1 Å². The molecule has 19 heavy (non-hydrogen) atoms. The highest BCUT2D eigenvalue weighted by Crippen LogP contribution is 2.20. The third-order valence-corrected chi connectivity index (χ3v) is 3.65. The number of benzene rings is 1. The maximum Gasteiger partial charge on any atom is 0.221 e. The molecule has 1 amide bonds. The lowest BCUT2D eigenvalue weighted by atomic mass is 9.97. The van der Waals surface area contributed by atoms with Crippen molar-refractivity contribution in [2.45, 2.75) is 25.9 Å². The van der Waals surface area contributed by atoms with E-state index in [1.807, 2.05) is 0 Å². The van der Waals surface area contributed by atoms with Crippen LogP contribution in [0.2, 0.25) is 0 Å². The van der Waals surface area contributed by atoms with Gasteiger partial charge < -0.3 is 11.5 Å². The second kappa shape index (κ2) is 6.12. The first kappa shape index (κ1) is 14.0. The van der Waals surface area contributed by atoms with Crippen molar-refractivity contribution in [1.82, 2.24) is 4.90 Å². The summed E-state index contributed by atoms with van der Waals surface area (Å²) in [7, 11) is 0. The van der Waals surface area contributed by atoms with Crippen molar-refractivity contribution in [1.29, 1.82) is 0 Å². The quantitative estimate of drug-likeness (QED) is 0.852. The van der Waals surface area contributed by atoms with Gasteiger partial charge >= 0.3 is 0 Å². The number of nitrogens with two attached hydrogens (primary N) is 2. The molecule has 0 spiro atoms. The minimum Gasteiger partial charge on any atom is -0.369 e. The molecule has 1 aromatic rings. The van der Waals surface area contributed by atoms with Crippen LogP contribution in [0, 0.1) is 11.7 Å². The average molecular weight is 265 g/mol. The standard InChI is InChI=1S/C14H20FN3O/c15-13-4-3-10(7-16)6-12(13)9-18-5-1-2-11(8-18)14(17)19/h3-4,6,11H,1-2,5,7-9,16H2,(H2,17,19). The predicted octanol–water partition coefficient (Wildman–Crippen LogP) is 0.982. The second-order valence-corrected chi connectivity index (χ2v) is 5.11. The molecule has 1 aliphatic rings. The Kier molecular flexibility index (Phi) is 4.50. The molecule has 104 valence electrons. The van der Waals surface area contributed by atoms with E-state index in [2.05, 4.69) is 4.90 Å². The van der Waals surface area contributed by atoms with E-state index in [0.29, 0.717) is 25.2 Å². The topological polar surface area (TPSA) is 72.3 Å². The van der Waals surface area contributed by atoms with Gasteiger partial charge in [-0.15, -0.1) is 0 Å². The number of carbonyl (C=O) groups is 1. The second-order valence-electron chi connectivity index (χ2n) is 5.11. The number of rotatable bonds is 4. The molecule has 1 fully saturated rings. The highest BCUT2D eigenvalue weighted by molar-refractivity contribution is 5.76.